The van der Waals surface area contributed by atoms with Crippen molar-refractivity contribution in [1.29, 1.82) is 0 Å². The van der Waals surface area contributed by atoms with Crippen LogP contribution in [0.3, 0.4) is 0 Å². The summed E-state index contributed by atoms with van der Waals surface area (Å²) in [6.07, 6.45) is 3.81. The molecule has 0 unspecified atom stereocenters. The second-order valence-corrected chi connectivity index (χ2v) is 8.91. The van der Waals surface area contributed by atoms with Gasteiger partial charge in [-0.15, -0.1) is 0 Å². The predicted octanol–water partition coefficient (Wildman–Crippen LogP) is 4.44. The number of amides is 1. The Bertz CT molecular complexity index is 1140. The van der Waals surface area contributed by atoms with E-state index < -0.39 is 0 Å². The van der Waals surface area contributed by atoms with Gasteiger partial charge in [0.15, 0.2) is 5.65 Å². The number of carbonyl (C=O) groups excluding carboxylic acids is 1. The Labute approximate surface area is 198 Å². The first-order valence-corrected chi connectivity index (χ1v) is 11.6. The number of aryl methyl sites for hydroxylation is 2. The molecule has 0 spiro atoms. The quantitative estimate of drug-likeness (QED) is 0.524. The molecule has 2 heterocycles. The molecule has 182 valence electrons. The summed E-state index contributed by atoms with van der Waals surface area (Å²) in [5.41, 5.74) is 2.34. The van der Waals surface area contributed by atoms with Crippen LogP contribution in [0.5, 0.6) is 17.6 Å². The summed E-state index contributed by atoms with van der Waals surface area (Å²) in [6.45, 7) is 5.93. The van der Waals surface area contributed by atoms with Crippen LogP contribution in [0.25, 0.3) is 11.2 Å². The monoisotopic (exact) mass is 470 g/mol. The molecule has 1 N–H and O–H groups in total. The van der Waals surface area contributed by atoms with Crippen molar-refractivity contribution >= 4 is 17.1 Å². The number of aromatic nitrogens is 3. The number of pyridine rings is 1. The zero-order chi connectivity index (χ0) is 24.2. The summed E-state index contributed by atoms with van der Waals surface area (Å²) in [4.78, 5) is 20.4. The lowest BCUT2D eigenvalue weighted by Crippen LogP contribution is -2.36. The highest BCUT2D eigenvalue weighted by molar-refractivity contribution is 5.77. The lowest BCUT2D eigenvalue weighted by Gasteiger charge is -2.29. The molecular weight excluding hydrogens is 439 g/mol. The number of nitrogens with one attached hydrogen (secondary N) is 1. The molecule has 2 aromatic heterocycles. The van der Waals surface area contributed by atoms with Gasteiger partial charge in [0.05, 0.1) is 12.7 Å². The van der Waals surface area contributed by atoms with E-state index in [4.69, 9.17) is 14.2 Å². The highest BCUT2D eigenvalue weighted by Crippen LogP contribution is 2.30. The maximum Gasteiger partial charge on any atom is 0.303 e. The summed E-state index contributed by atoms with van der Waals surface area (Å²) in [5, 5.41) is 2.84. The second kappa shape index (κ2) is 10.4. The average Bonchev–Trinajstić information content (AvgIpc) is 3.10. The summed E-state index contributed by atoms with van der Waals surface area (Å²) in [7, 11) is 1.83. The van der Waals surface area contributed by atoms with E-state index in [2.05, 4.69) is 15.3 Å². The molecule has 4 rings (SSSR count). The summed E-state index contributed by atoms with van der Waals surface area (Å²) in [5.74, 6) is 0.691. The number of imidazole rings is 1. The number of rotatable bonds is 8. The maximum atomic E-state index is 13.2. The molecule has 0 bridgehead atoms. The summed E-state index contributed by atoms with van der Waals surface area (Å²) < 4.78 is 33.0. The molecule has 1 aliphatic rings. The fraction of sp³-hybridized carbons (Fsp3) is 0.480. The van der Waals surface area contributed by atoms with Crippen LogP contribution < -0.4 is 14.8 Å². The number of benzene rings is 1. The van der Waals surface area contributed by atoms with E-state index in [1.54, 1.807) is 16.7 Å². The van der Waals surface area contributed by atoms with Gasteiger partial charge in [0.1, 0.15) is 23.2 Å². The van der Waals surface area contributed by atoms with Gasteiger partial charge in [0.25, 0.3) is 0 Å². The Hall–Kier alpha value is -3.20. The first-order valence-electron chi connectivity index (χ1n) is 11.6. The third-order valence-electron chi connectivity index (χ3n) is 5.92. The smallest absolute Gasteiger partial charge is 0.303 e. The third-order valence-corrected chi connectivity index (χ3v) is 5.92. The highest BCUT2D eigenvalue weighted by Gasteiger charge is 2.24. The van der Waals surface area contributed by atoms with E-state index >= 15 is 0 Å². The van der Waals surface area contributed by atoms with E-state index in [1.807, 2.05) is 27.0 Å². The van der Waals surface area contributed by atoms with Gasteiger partial charge < -0.3 is 19.5 Å². The van der Waals surface area contributed by atoms with Crippen molar-refractivity contribution in [2.24, 2.45) is 7.05 Å². The molecule has 1 amide bonds. The minimum Gasteiger partial charge on any atom is -0.474 e. The number of hydrogen-bond acceptors (Lipinski definition) is 6. The molecule has 1 aliphatic carbocycles. The van der Waals surface area contributed by atoms with Gasteiger partial charge in [-0.1, -0.05) is 0 Å². The van der Waals surface area contributed by atoms with Crippen LogP contribution in [0.2, 0.25) is 0 Å². The lowest BCUT2D eigenvalue weighted by molar-refractivity contribution is -0.120. The van der Waals surface area contributed by atoms with Gasteiger partial charge in [0.2, 0.25) is 11.8 Å². The van der Waals surface area contributed by atoms with Crippen molar-refractivity contribution in [3.63, 3.8) is 0 Å². The van der Waals surface area contributed by atoms with Crippen LogP contribution in [0.4, 0.5) is 4.39 Å². The molecule has 8 nitrogen and oxygen atoms in total. The largest absolute Gasteiger partial charge is 0.474 e. The molecule has 1 saturated carbocycles. The Balaban J connectivity index is 1.37. The Morgan fingerprint density at radius 1 is 1.18 bits per heavy atom. The fourth-order valence-electron chi connectivity index (χ4n) is 4.17. The summed E-state index contributed by atoms with van der Waals surface area (Å²) in [6, 6.07) is 8.08. The van der Waals surface area contributed by atoms with Gasteiger partial charge in [-0.2, -0.15) is 9.97 Å². The predicted molar refractivity (Wildman–Crippen MR) is 126 cm³/mol. The second-order valence-electron chi connectivity index (χ2n) is 8.91. The van der Waals surface area contributed by atoms with Crippen molar-refractivity contribution < 1.29 is 23.4 Å². The van der Waals surface area contributed by atoms with Crippen LogP contribution in [-0.2, 0) is 16.6 Å². The normalized spacial score (nSPS) is 19.1. The minimum atomic E-state index is -0.322. The fourth-order valence-corrected chi connectivity index (χ4v) is 4.17. The molecule has 34 heavy (non-hydrogen) atoms. The Kier molecular flexibility index (Phi) is 7.31. The van der Waals surface area contributed by atoms with Crippen molar-refractivity contribution in [2.75, 3.05) is 6.61 Å². The van der Waals surface area contributed by atoms with Crippen molar-refractivity contribution in [2.45, 2.75) is 64.7 Å². The van der Waals surface area contributed by atoms with Crippen LogP contribution in [-0.4, -0.2) is 45.3 Å². The average molecular weight is 471 g/mol. The number of halogens is 1. The van der Waals surface area contributed by atoms with Crippen LogP contribution in [0.15, 0.2) is 30.3 Å². The molecule has 3 aromatic rings. The van der Waals surface area contributed by atoms with Gasteiger partial charge in [-0.05, 0) is 69.4 Å². The maximum absolute atomic E-state index is 13.2. The van der Waals surface area contributed by atoms with Crippen molar-refractivity contribution in [3.05, 3.63) is 41.7 Å². The van der Waals surface area contributed by atoms with Crippen molar-refractivity contribution in [3.8, 4) is 17.6 Å². The van der Waals surface area contributed by atoms with Gasteiger partial charge in [0, 0.05) is 26.1 Å². The van der Waals surface area contributed by atoms with E-state index in [0.29, 0.717) is 29.9 Å². The van der Waals surface area contributed by atoms with E-state index in [-0.39, 0.29) is 30.0 Å². The van der Waals surface area contributed by atoms with Crippen molar-refractivity contribution in [1.82, 2.24) is 19.9 Å². The molecule has 1 aromatic carbocycles. The zero-order valence-corrected chi connectivity index (χ0v) is 20.0. The standard InChI is InChI=1S/C25H31FN4O4/c1-15-13-22(33-20-11-9-19(10-12-20)32-14-16(2)27-17(3)31)28-24-23(15)29-25(30(24)4)34-21-7-5-18(26)6-8-21/h5-8,13,16,19-20H,9-12,14H2,1-4H3,(H,27,31)/t16-,19?,20?/m0/s1. The number of hydrogen-bond donors (Lipinski definition) is 1. The zero-order valence-electron chi connectivity index (χ0n) is 20.0. The first-order chi connectivity index (χ1) is 16.3. The molecule has 0 saturated heterocycles. The van der Waals surface area contributed by atoms with Crippen LogP contribution in [0, 0.1) is 12.7 Å². The molecular formula is C25H31FN4O4. The minimum absolute atomic E-state index is 0.00111. The topological polar surface area (TPSA) is 87.5 Å². The molecule has 0 aliphatic heterocycles. The molecule has 0 radical (unpaired) electrons. The molecule has 9 heteroatoms. The Morgan fingerprint density at radius 3 is 2.53 bits per heavy atom. The van der Waals surface area contributed by atoms with Gasteiger partial charge in [-0.25, -0.2) is 4.39 Å². The van der Waals surface area contributed by atoms with Gasteiger partial charge in [-0.3, -0.25) is 9.36 Å². The molecule has 1 fully saturated rings. The van der Waals surface area contributed by atoms with E-state index in [9.17, 15) is 9.18 Å². The number of ether oxygens (including phenoxy) is 3. The number of carbonyl (C=O) groups is 1. The number of nitrogens with zero attached hydrogens (tertiary/aromatic N) is 3. The van der Waals surface area contributed by atoms with Crippen LogP contribution in [0.1, 0.15) is 45.1 Å². The number of fused-ring (bicyclic) bond motifs is 1. The van der Waals surface area contributed by atoms with E-state index in [1.165, 1.54) is 19.1 Å². The van der Waals surface area contributed by atoms with Gasteiger partial charge >= 0.3 is 6.01 Å². The van der Waals surface area contributed by atoms with E-state index in [0.717, 1.165) is 36.8 Å². The summed E-state index contributed by atoms with van der Waals surface area (Å²) >= 11 is 0. The lowest BCUT2D eigenvalue weighted by atomic mass is 9.95. The SMILES string of the molecule is CC(=O)N[C@@H](C)COC1CCC(Oc2cc(C)c3nc(Oc4ccc(F)cc4)n(C)c3n2)CC1. The molecule has 1 atom stereocenters. The third kappa shape index (κ3) is 5.83. The highest BCUT2D eigenvalue weighted by atomic mass is 19.1. The first kappa shape index (κ1) is 23.9. The van der Waals surface area contributed by atoms with Crippen LogP contribution >= 0.6 is 0 Å². The Morgan fingerprint density at radius 2 is 1.85 bits per heavy atom.